The average Bonchev–Trinajstić information content (AvgIpc) is 3.19. The van der Waals surface area contributed by atoms with Gasteiger partial charge in [-0.1, -0.05) is 29.3 Å². The highest BCUT2D eigenvalue weighted by atomic mass is 35.5. The van der Waals surface area contributed by atoms with E-state index in [2.05, 4.69) is 4.98 Å². The predicted octanol–water partition coefficient (Wildman–Crippen LogP) is 2.46. The second-order valence-electron chi connectivity index (χ2n) is 6.80. The Morgan fingerprint density at radius 1 is 1.14 bits per heavy atom. The SMILES string of the molecule is COCCn1c(C)cn2c3c(=O)n(Cc4c(Cl)cccc4Cl)c(=O)n(C)c3nc12. The van der Waals surface area contributed by atoms with E-state index in [4.69, 9.17) is 27.9 Å². The number of halogens is 2. The van der Waals surface area contributed by atoms with Gasteiger partial charge in [0.1, 0.15) is 0 Å². The molecule has 29 heavy (non-hydrogen) atoms. The third-order valence-corrected chi connectivity index (χ3v) is 5.75. The largest absolute Gasteiger partial charge is 0.383 e. The van der Waals surface area contributed by atoms with Crippen LogP contribution in [0.5, 0.6) is 0 Å². The van der Waals surface area contributed by atoms with E-state index < -0.39 is 11.2 Å². The minimum Gasteiger partial charge on any atom is -0.383 e. The number of fused-ring (bicyclic) bond motifs is 3. The van der Waals surface area contributed by atoms with Gasteiger partial charge in [-0.3, -0.25) is 18.3 Å². The maximum absolute atomic E-state index is 13.3. The third kappa shape index (κ3) is 3.08. The van der Waals surface area contributed by atoms with Crippen LogP contribution >= 0.6 is 23.2 Å². The lowest BCUT2D eigenvalue weighted by Crippen LogP contribution is -2.39. The molecule has 10 heteroatoms. The molecule has 0 saturated carbocycles. The number of ether oxygens (including phenoxy) is 1. The number of hydrogen-bond acceptors (Lipinski definition) is 4. The van der Waals surface area contributed by atoms with Gasteiger partial charge in [0.25, 0.3) is 5.56 Å². The summed E-state index contributed by atoms with van der Waals surface area (Å²) < 4.78 is 11.3. The normalized spacial score (nSPS) is 11.8. The van der Waals surface area contributed by atoms with Crippen molar-refractivity contribution in [3.05, 3.63) is 66.5 Å². The Labute approximate surface area is 175 Å². The first-order chi connectivity index (χ1) is 13.8. The Morgan fingerprint density at radius 2 is 1.83 bits per heavy atom. The molecule has 0 aliphatic rings. The maximum atomic E-state index is 13.3. The number of benzene rings is 1. The van der Waals surface area contributed by atoms with Crippen molar-refractivity contribution in [2.24, 2.45) is 7.05 Å². The van der Waals surface area contributed by atoms with E-state index in [-0.39, 0.29) is 6.54 Å². The molecular formula is C19H19Cl2N5O3. The molecule has 4 aromatic rings. The van der Waals surface area contributed by atoms with Gasteiger partial charge in [-0.25, -0.2) is 4.79 Å². The van der Waals surface area contributed by atoms with Gasteiger partial charge in [-0.15, -0.1) is 0 Å². The Kier molecular flexibility index (Phi) is 5.02. The quantitative estimate of drug-likeness (QED) is 0.482. The van der Waals surface area contributed by atoms with E-state index in [0.29, 0.717) is 45.7 Å². The first-order valence-corrected chi connectivity index (χ1v) is 9.70. The summed E-state index contributed by atoms with van der Waals surface area (Å²) in [7, 11) is 3.22. The number of imidazole rings is 2. The highest BCUT2D eigenvalue weighted by Gasteiger charge is 2.21. The van der Waals surface area contributed by atoms with Crippen LogP contribution in [0.25, 0.3) is 16.9 Å². The highest BCUT2D eigenvalue weighted by molar-refractivity contribution is 6.35. The van der Waals surface area contributed by atoms with Crippen LogP contribution in [0.15, 0.2) is 34.0 Å². The fourth-order valence-electron chi connectivity index (χ4n) is 3.49. The predicted molar refractivity (Wildman–Crippen MR) is 112 cm³/mol. The van der Waals surface area contributed by atoms with Crippen LogP contribution in [-0.4, -0.2) is 36.8 Å². The molecule has 0 N–H and O–H groups in total. The number of rotatable bonds is 5. The first kappa shape index (κ1) is 19.8. The van der Waals surface area contributed by atoms with Crippen molar-refractivity contribution in [2.45, 2.75) is 20.0 Å². The number of hydrogen-bond donors (Lipinski definition) is 0. The second kappa shape index (κ2) is 7.37. The van der Waals surface area contributed by atoms with Crippen LogP contribution < -0.4 is 11.2 Å². The van der Waals surface area contributed by atoms with Crippen LogP contribution in [0.1, 0.15) is 11.3 Å². The number of aryl methyl sites for hydroxylation is 2. The van der Waals surface area contributed by atoms with Crippen LogP contribution in [0.4, 0.5) is 0 Å². The van der Waals surface area contributed by atoms with E-state index in [1.54, 1.807) is 36.8 Å². The van der Waals surface area contributed by atoms with E-state index in [1.165, 1.54) is 4.57 Å². The van der Waals surface area contributed by atoms with Gasteiger partial charge in [0.15, 0.2) is 11.2 Å². The van der Waals surface area contributed by atoms with E-state index >= 15 is 0 Å². The Morgan fingerprint density at radius 3 is 2.48 bits per heavy atom. The second-order valence-corrected chi connectivity index (χ2v) is 7.62. The van der Waals surface area contributed by atoms with Gasteiger partial charge in [0, 0.05) is 48.2 Å². The van der Waals surface area contributed by atoms with Crippen LogP contribution in [0.3, 0.4) is 0 Å². The lowest BCUT2D eigenvalue weighted by Gasteiger charge is -2.10. The fourth-order valence-corrected chi connectivity index (χ4v) is 4.01. The topological polar surface area (TPSA) is 75.5 Å². The monoisotopic (exact) mass is 435 g/mol. The molecule has 1 aromatic carbocycles. The summed E-state index contributed by atoms with van der Waals surface area (Å²) in [5, 5.41) is 0.790. The van der Waals surface area contributed by atoms with Crippen LogP contribution in [-0.2, 0) is 24.9 Å². The van der Waals surface area contributed by atoms with Gasteiger partial charge in [0.2, 0.25) is 5.78 Å². The highest BCUT2D eigenvalue weighted by Crippen LogP contribution is 2.24. The molecule has 152 valence electrons. The smallest absolute Gasteiger partial charge is 0.332 e. The molecule has 3 heterocycles. The molecule has 8 nitrogen and oxygen atoms in total. The number of aromatic nitrogens is 5. The van der Waals surface area contributed by atoms with Crippen molar-refractivity contribution in [1.82, 2.24) is 23.1 Å². The van der Waals surface area contributed by atoms with Gasteiger partial charge < -0.3 is 9.30 Å². The summed E-state index contributed by atoms with van der Waals surface area (Å²) in [6.07, 6.45) is 1.83. The third-order valence-electron chi connectivity index (χ3n) is 5.04. The van der Waals surface area contributed by atoms with Crippen molar-refractivity contribution in [3.8, 4) is 0 Å². The Balaban J connectivity index is 1.99. The molecule has 0 atom stereocenters. The number of nitrogens with zero attached hydrogens (tertiary/aromatic N) is 5. The van der Waals surface area contributed by atoms with E-state index in [1.807, 2.05) is 17.7 Å². The van der Waals surface area contributed by atoms with E-state index in [0.717, 1.165) is 10.3 Å². The molecule has 0 saturated heterocycles. The fraction of sp³-hybridized carbons (Fsp3) is 0.316. The summed E-state index contributed by atoms with van der Waals surface area (Å²) in [5.74, 6) is 0.579. The molecule has 3 aromatic heterocycles. The molecule has 0 aliphatic carbocycles. The van der Waals surface area contributed by atoms with Gasteiger partial charge in [-0.05, 0) is 19.1 Å². The zero-order chi connectivity index (χ0) is 20.9. The first-order valence-electron chi connectivity index (χ1n) is 8.94. The summed E-state index contributed by atoms with van der Waals surface area (Å²) in [5.41, 5.74) is 1.16. The lowest BCUT2D eigenvalue weighted by molar-refractivity contribution is 0.187. The van der Waals surface area contributed by atoms with Crippen molar-refractivity contribution >= 4 is 40.1 Å². The van der Waals surface area contributed by atoms with Crippen LogP contribution in [0.2, 0.25) is 10.0 Å². The molecule has 0 unspecified atom stereocenters. The summed E-state index contributed by atoms with van der Waals surface area (Å²) in [6, 6.07) is 5.06. The zero-order valence-electron chi connectivity index (χ0n) is 16.1. The zero-order valence-corrected chi connectivity index (χ0v) is 17.7. The molecule has 4 rings (SSSR count). The van der Waals surface area contributed by atoms with Crippen molar-refractivity contribution < 1.29 is 4.74 Å². The molecule has 0 spiro atoms. The molecule has 0 radical (unpaired) electrons. The molecule has 0 bridgehead atoms. The van der Waals surface area contributed by atoms with Gasteiger partial charge in [0.05, 0.1) is 13.2 Å². The molecule has 0 aliphatic heterocycles. The number of methoxy groups -OCH3 is 1. The minimum absolute atomic E-state index is 0.0312. The lowest BCUT2D eigenvalue weighted by atomic mass is 10.2. The Bertz CT molecular complexity index is 1340. The maximum Gasteiger partial charge on any atom is 0.332 e. The van der Waals surface area contributed by atoms with Crippen LogP contribution in [0, 0.1) is 6.92 Å². The van der Waals surface area contributed by atoms with Crippen molar-refractivity contribution in [1.29, 1.82) is 0 Å². The molecular weight excluding hydrogens is 417 g/mol. The Hall–Kier alpha value is -2.55. The summed E-state index contributed by atoms with van der Waals surface area (Å²) in [4.78, 5) is 30.8. The standard InChI is InChI=1S/C19H19Cl2N5O3/c1-11-9-25-15-16(22-18(25)24(11)7-8-29-3)23(2)19(28)26(17(15)27)10-12-13(20)5-4-6-14(12)21/h4-6,9H,7-8,10H2,1-3H3. The molecule has 0 fully saturated rings. The van der Waals surface area contributed by atoms with E-state index in [9.17, 15) is 9.59 Å². The van der Waals surface area contributed by atoms with Gasteiger partial charge in [-0.2, -0.15) is 4.98 Å². The summed E-state index contributed by atoms with van der Waals surface area (Å²) >= 11 is 12.5. The van der Waals surface area contributed by atoms with Crippen molar-refractivity contribution in [2.75, 3.05) is 13.7 Å². The average molecular weight is 436 g/mol. The molecule has 0 amide bonds. The van der Waals surface area contributed by atoms with Crippen molar-refractivity contribution in [3.63, 3.8) is 0 Å². The summed E-state index contributed by atoms with van der Waals surface area (Å²) in [6.45, 7) is 2.98. The van der Waals surface area contributed by atoms with Gasteiger partial charge >= 0.3 is 5.69 Å². The minimum atomic E-state index is -0.487.